The van der Waals surface area contributed by atoms with Gasteiger partial charge in [-0.2, -0.15) is 13.2 Å². The Morgan fingerprint density at radius 2 is 1.96 bits per heavy atom. The smallest absolute Gasteiger partial charge is 0.419 e. The standard InChI is InChI=1S/C17H23F3N2O2/c18-17(19,20)14-3-1-2-4-15(14)24-12-11-22-16(23)6-5-13-7-9-21-10-8-13/h1-4,13,21H,5-12H2,(H,22,23). The number of halogens is 3. The van der Waals surface area contributed by atoms with Crippen LogP contribution in [0.4, 0.5) is 13.2 Å². The number of hydrogen-bond donors (Lipinski definition) is 2. The second-order valence-corrected chi connectivity index (χ2v) is 5.92. The predicted octanol–water partition coefficient (Wildman–Crippen LogP) is 2.98. The molecule has 4 nitrogen and oxygen atoms in total. The monoisotopic (exact) mass is 344 g/mol. The molecule has 1 aromatic rings. The summed E-state index contributed by atoms with van der Waals surface area (Å²) in [5.41, 5.74) is -0.803. The molecule has 0 radical (unpaired) electrons. The zero-order valence-electron chi connectivity index (χ0n) is 13.5. The molecule has 0 aliphatic carbocycles. The highest BCUT2D eigenvalue weighted by molar-refractivity contribution is 5.75. The summed E-state index contributed by atoms with van der Waals surface area (Å²) >= 11 is 0. The molecule has 0 spiro atoms. The van der Waals surface area contributed by atoms with Crippen molar-refractivity contribution in [2.75, 3.05) is 26.2 Å². The third-order valence-corrected chi connectivity index (χ3v) is 4.11. The molecule has 0 bridgehead atoms. The fourth-order valence-corrected chi connectivity index (χ4v) is 2.77. The summed E-state index contributed by atoms with van der Waals surface area (Å²) in [7, 11) is 0. The highest BCUT2D eigenvalue weighted by Crippen LogP contribution is 2.35. The molecule has 1 fully saturated rings. The summed E-state index contributed by atoms with van der Waals surface area (Å²) in [6.45, 7) is 2.20. The summed E-state index contributed by atoms with van der Waals surface area (Å²) in [5.74, 6) is 0.280. The molecule has 24 heavy (non-hydrogen) atoms. The van der Waals surface area contributed by atoms with Crippen molar-refractivity contribution in [3.63, 3.8) is 0 Å². The fourth-order valence-electron chi connectivity index (χ4n) is 2.77. The Kier molecular flexibility index (Phi) is 6.90. The van der Waals surface area contributed by atoms with Gasteiger partial charge in [-0.25, -0.2) is 0 Å². The van der Waals surface area contributed by atoms with E-state index >= 15 is 0 Å². The first kappa shape index (κ1) is 18.6. The molecule has 1 amide bonds. The van der Waals surface area contributed by atoms with Gasteiger partial charge in [-0.3, -0.25) is 4.79 Å². The number of carbonyl (C=O) groups is 1. The SMILES string of the molecule is O=C(CCC1CCNCC1)NCCOc1ccccc1C(F)(F)F. The molecular weight excluding hydrogens is 321 g/mol. The summed E-state index contributed by atoms with van der Waals surface area (Å²) in [5, 5.41) is 5.97. The van der Waals surface area contributed by atoms with Crippen LogP contribution in [0.15, 0.2) is 24.3 Å². The first-order valence-corrected chi connectivity index (χ1v) is 8.23. The summed E-state index contributed by atoms with van der Waals surface area (Å²) in [6.07, 6.45) is -0.973. The van der Waals surface area contributed by atoms with Crippen molar-refractivity contribution >= 4 is 5.91 Å². The number of para-hydroxylation sites is 1. The van der Waals surface area contributed by atoms with Gasteiger partial charge in [-0.15, -0.1) is 0 Å². The maximum absolute atomic E-state index is 12.8. The number of piperidine rings is 1. The lowest BCUT2D eigenvalue weighted by atomic mass is 9.93. The normalized spacial score (nSPS) is 16.0. The molecule has 0 saturated carbocycles. The van der Waals surface area contributed by atoms with Gasteiger partial charge in [-0.1, -0.05) is 12.1 Å². The predicted molar refractivity (Wildman–Crippen MR) is 84.8 cm³/mol. The largest absolute Gasteiger partial charge is 0.491 e. The minimum absolute atomic E-state index is 0.00613. The number of ether oxygens (including phenoxy) is 1. The molecule has 7 heteroatoms. The van der Waals surface area contributed by atoms with Crippen molar-refractivity contribution < 1.29 is 22.7 Å². The van der Waals surface area contributed by atoms with Crippen LogP contribution >= 0.6 is 0 Å². The van der Waals surface area contributed by atoms with Crippen molar-refractivity contribution in [2.45, 2.75) is 31.9 Å². The highest BCUT2D eigenvalue weighted by atomic mass is 19.4. The van der Waals surface area contributed by atoms with E-state index in [1.54, 1.807) is 0 Å². The molecule has 2 rings (SSSR count). The van der Waals surface area contributed by atoms with Crippen LogP contribution in [0.3, 0.4) is 0 Å². The molecule has 134 valence electrons. The summed E-state index contributed by atoms with van der Waals surface area (Å²) in [6, 6.07) is 5.06. The molecule has 1 aliphatic heterocycles. The number of carbonyl (C=O) groups excluding carboxylic acids is 1. The lowest BCUT2D eigenvalue weighted by Crippen LogP contribution is -2.31. The lowest BCUT2D eigenvalue weighted by Gasteiger charge is -2.22. The Morgan fingerprint density at radius 3 is 2.67 bits per heavy atom. The average Bonchev–Trinajstić information content (AvgIpc) is 2.57. The highest BCUT2D eigenvalue weighted by Gasteiger charge is 2.33. The Hall–Kier alpha value is -1.76. The molecule has 1 saturated heterocycles. The fraction of sp³-hybridized carbons (Fsp3) is 0.588. The van der Waals surface area contributed by atoms with Crippen LogP contribution in [0.5, 0.6) is 5.75 Å². The second kappa shape index (κ2) is 8.92. The van der Waals surface area contributed by atoms with Crippen molar-refractivity contribution in [3.05, 3.63) is 29.8 Å². The van der Waals surface area contributed by atoms with Gasteiger partial charge in [0.1, 0.15) is 12.4 Å². The van der Waals surface area contributed by atoms with Gasteiger partial charge in [0.05, 0.1) is 12.1 Å². The molecule has 0 aromatic heterocycles. The van der Waals surface area contributed by atoms with Gasteiger partial charge in [0.2, 0.25) is 5.91 Å². The topological polar surface area (TPSA) is 50.4 Å². The number of nitrogens with one attached hydrogen (secondary N) is 2. The second-order valence-electron chi connectivity index (χ2n) is 5.92. The van der Waals surface area contributed by atoms with Gasteiger partial charge in [0.25, 0.3) is 0 Å². The van der Waals surface area contributed by atoms with E-state index in [0.29, 0.717) is 12.3 Å². The Balaban J connectivity index is 1.66. The van der Waals surface area contributed by atoms with E-state index < -0.39 is 11.7 Å². The van der Waals surface area contributed by atoms with Crippen LogP contribution < -0.4 is 15.4 Å². The van der Waals surface area contributed by atoms with Crippen LogP contribution in [0.2, 0.25) is 0 Å². The van der Waals surface area contributed by atoms with Crippen LogP contribution in [0.1, 0.15) is 31.2 Å². The van der Waals surface area contributed by atoms with Crippen molar-refractivity contribution in [2.24, 2.45) is 5.92 Å². The third-order valence-electron chi connectivity index (χ3n) is 4.11. The first-order chi connectivity index (χ1) is 11.5. The van der Waals surface area contributed by atoms with E-state index in [2.05, 4.69) is 10.6 Å². The summed E-state index contributed by atoms with van der Waals surface area (Å²) < 4.78 is 43.6. The van der Waals surface area contributed by atoms with Crippen LogP contribution in [-0.4, -0.2) is 32.1 Å². The third kappa shape index (κ3) is 6.03. The maximum atomic E-state index is 12.8. The van der Waals surface area contributed by atoms with E-state index in [1.807, 2.05) is 0 Å². The van der Waals surface area contributed by atoms with E-state index in [-0.39, 0.29) is 24.8 Å². The lowest BCUT2D eigenvalue weighted by molar-refractivity contribution is -0.139. The van der Waals surface area contributed by atoms with Crippen molar-refractivity contribution in [3.8, 4) is 5.75 Å². The van der Waals surface area contributed by atoms with Gasteiger partial charge >= 0.3 is 6.18 Å². The van der Waals surface area contributed by atoms with Gasteiger partial charge < -0.3 is 15.4 Å². The van der Waals surface area contributed by atoms with E-state index in [0.717, 1.165) is 38.4 Å². The van der Waals surface area contributed by atoms with Crippen molar-refractivity contribution in [1.29, 1.82) is 0 Å². The van der Waals surface area contributed by atoms with Crippen LogP contribution in [0.25, 0.3) is 0 Å². The summed E-state index contributed by atoms with van der Waals surface area (Å²) in [4.78, 5) is 11.8. The van der Waals surface area contributed by atoms with Crippen LogP contribution in [-0.2, 0) is 11.0 Å². The zero-order valence-corrected chi connectivity index (χ0v) is 13.5. The van der Waals surface area contributed by atoms with Gasteiger partial charge in [-0.05, 0) is 50.4 Å². The average molecular weight is 344 g/mol. The molecule has 0 atom stereocenters. The first-order valence-electron chi connectivity index (χ1n) is 8.23. The Morgan fingerprint density at radius 1 is 1.25 bits per heavy atom. The van der Waals surface area contributed by atoms with E-state index in [1.165, 1.54) is 18.2 Å². The Bertz CT molecular complexity index is 529. The molecule has 0 unspecified atom stereocenters. The molecule has 1 aromatic carbocycles. The minimum atomic E-state index is -4.45. The van der Waals surface area contributed by atoms with E-state index in [9.17, 15) is 18.0 Å². The molecular formula is C17H23F3N2O2. The number of hydrogen-bond acceptors (Lipinski definition) is 3. The molecule has 1 aliphatic rings. The number of benzene rings is 1. The maximum Gasteiger partial charge on any atom is 0.419 e. The quantitative estimate of drug-likeness (QED) is 0.748. The number of rotatable bonds is 7. The zero-order chi connectivity index (χ0) is 17.4. The number of amides is 1. The van der Waals surface area contributed by atoms with Crippen molar-refractivity contribution in [1.82, 2.24) is 10.6 Å². The van der Waals surface area contributed by atoms with E-state index in [4.69, 9.17) is 4.74 Å². The molecule has 1 heterocycles. The van der Waals surface area contributed by atoms with Gasteiger partial charge in [0.15, 0.2) is 0 Å². The molecule has 2 N–H and O–H groups in total. The number of alkyl halides is 3. The van der Waals surface area contributed by atoms with Crippen LogP contribution in [0, 0.1) is 5.92 Å². The van der Waals surface area contributed by atoms with Gasteiger partial charge in [0, 0.05) is 6.42 Å². The Labute approximate surface area is 139 Å². The minimum Gasteiger partial charge on any atom is -0.491 e.